The van der Waals surface area contributed by atoms with Crippen LogP contribution in [0.3, 0.4) is 0 Å². The summed E-state index contributed by atoms with van der Waals surface area (Å²) in [5, 5.41) is 11.4. The van der Waals surface area contributed by atoms with Crippen molar-refractivity contribution >= 4 is 21.6 Å². The molecule has 0 spiro atoms. The van der Waals surface area contributed by atoms with E-state index in [4.69, 9.17) is 0 Å². The summed E-state index contributed by atoms with van der Waals surface area (Å²) in [4.78, 5) is 7.28. The smallest absolute Gasteiger partial charge is 0.395 e. The van der Waals surface area contributed by atoms with Gasteiger partial charge in [0.2, 0.25) is 5.82 Å². The van der Waals surface area contributed by atoms with Crippen LogP contribution in [0.2, 0.25) is 0 Å². The van der Waals surface area contributed by atoms with Gasteiger partial charge in [-0.15, -0.1) is 11.3 Å². The van der Waals surface area contributed by atoms with E-state index in [1.54, 1.807) is 35.7 Å². The fourth-order valence-electron chi connectivity index (χ4n) is 2.28. The number of benzene rings is 1. The summed E-state index contributed by atoms with van der Waals surface area (Å²) < 4.78 is 39.5. The van der Waals surface area contributed by atoms with Crippen LogP contribution in [-0.4, -0.2) is 21.7 Å². The van der Waals surface area contributed by atoms with Gasteiger partial charge in [-0.2, -0.15) is 13.2 Å². The Morgan fingerprint density at radius 1 is 1.09 bits per heavy atom. The van der Waals surface area contributed by atoms with Gasteiger partial charge in [0.1, 0.15) is 0 Å². The van der Waals surface area contributed by atoms with E-state index >= 15 is 0 Å². The number of thiophene rings is 1. The highest BCUT2D eigenvalue weighted by atomic mass is 32.1. The molecule has 3 nitrogen and oxygen atoms in total. The van der Waals surface area contributed by atoms with Crippen LogP contribution in [0.5, 0.6) is 0 Å². The van der Waals surface area contributed by atoms with E-state index in [2.05, 4.69) is 9.97 Å². The van der Waals surface area contributed by atoms with Gasteiger partial charge in [0.05, 0.1) is 28.4 Å². The van der Waals surface area contributed by atoms with Gasteiger partial charge in [0, 0.05) is 0 Å². The zero-order chi connectivity index (χ0) is 15.7. The van der Waals surface area contributed by atoms with E-state index in [9.17, 15) is 18.3 Å². The second-order valence-electron chi connectivity index (χ2n) is 4.71. The van der Waals surface area contributed by atoms with Crippen molar-refractivity contribution in [1.29, 1.82) is 0 Å². The number of fused-ring (bicyclic) bond motifs is 1. The number of nitrogens with zero attached hydrogens (tertiary/aromatic N) is 2. The van der Waals surface area contributed by atoms with Crippen LogP contribution >= 0.6 is 11.3 Å². The van der Waals surface area contributed by atoms with Crippen molar-refractivity contribution in [2.45, 2.75) is 12.1 Å². The maximum absolute atomic E-state index is 13.0. The minimum absolute atomic E-state index is 0.209. The minimum Gasteiger partial charge on any atom is -0.395 e. The third-order valence-corrected chi connectivity index (χ3v) is 4.22. The third kappa shape index (κ3) is 2.69. The lowest BCUT2D eigenvalue weighted by Gasteiger charge is -2.16. The van der Waals surface area contributed by atoms with E-state index in [-0.39, 0.29) is 17.8 Å². The molecule has 1 atom stereocenters. The number of rotatable bonds is 3. The highest BCUT2D eigenvalue weighted by Gasteiger charge is 2.36. The number of halogens is 3. The molecule has 0 saturated heterocycles. The highest BCUT2D eigenvalue weighted by Crippen LogP contribution is 2.35. The molecular formula is C15H11F3N2OS. The van der Waals surface area contributed by atoms with Gasteiger partial charge in [0.15, 0.2) is 0 Å². The molecule has 3 rings (SSSR count). The Balaban J connectivity index is 2.22. The van der Waals surface area contributed by atoms with Crippen LogP contribution in [0.15, 0.2) is 41.8 Å². The van der Waals surface area contributed by atoms with Crippen molar-refractivity contribution in [2.24, 2.45) is 0 Å². The van der Waals surface area contributed by atoms with Crippen LogP contribution < -0.4 is 0 Å². The molecular weight excluding hydrogens is 313 g/mol. The predicted molar refractivity (Wildman–Crippen MR) is 77.8 cm³/mol. The molecule has 2 aromatic heterocycles. The Morgan fingerprint density at radius 2 is 1.82 bits per heavy atom. The molecule has 114 valence electrons. The second-order valence-corrected chi connectivity index (χ2v) is 5.63. The molecule has 0 aliphatic rings. The first-order chi connectivity index (χ1) is 10.5. The Kier molecular flexibility index (Phi) is 3.84. The summed E-state index contributed by atoms with van der Waals surface area (Å²) in [6, 6.07) is 10.4. The van der Waals surface area contributed by atoms with Crippen molar-refractivity contribution in [2.75, 3.05) is 6.61 Å². The molecule has 0 amide bonds. The van der Waals surface area contributed by atoms with Crippen molar-refractivity contribution in [3.8, 4) is 0 Å². The predicted octanol–water partition coefficient (Wildman–Crippen LogP) is 3.83. The lowest BCUT2D eigenvalue weighted by molar-refractivity contribution is -0.144. The van der Waals surface area contributed by atoms with Crippen LogP contribution in [-0.2, 0) is 6.18 Å². The van der Waals surface area contributed by atoms with E-state index in [1.807, 2.05) is 0 Å². The van der Waals surface area contributed by atoms with Crippen LogP contribution in [0.1, 0.15) is 23.0 Å². The van der Waals surface area contributed by atoms with E-state index in [0.29, 0.717) is 10.3 Å². The summed E-state index contributed by atoms with van der Waals surface area (Å²) in [7, 11) is 0. The number of hydrogen-bond donors (Lipinski definition) is 1. The lowest BCUT2D eigenvalue weighted by atomic mass is 9.96. The van der Waals surface area contributed by atoms with Gasteiger partial charge in [-0.25, -0.2) is 9.97 Å². The van der Waals surface area contributed by atoms with E-state index < -0.39 is 17.9 Å². The van der Waals surface area contributed by atoms with Crippen molar-refractivity contribution in [3.63, 3.8) is 0 Å². The maximum Gasteiger partial charge on any atom is 0.451 e. The quantitative estimate of drug-likeness (QED) is 0.796. The van der Waals surface area contributed by atoms with Crippen LogP contribution in [0.25, 0.3) is 10.2 Å². The number of aliphatic hydroxyl groups excluding tert-OH is 1. The summed E-state index contributed by atoms with van der Waals surface area (Å²) in [5.41, 5.74) is 1.17. The van der Waals surface area contributed by atoms with Gasteiger partial charge in [-0.3, -0.25) is 0 Å². The van der Waals surface area contributed by atoms with E-state index in [0.717, 1.165) is 0 Å². The monoisotopic (exact) mass is 324 g/mol. The Hall–Kier alpha value is -1.99. The van der Waals surface area contributed by atoms with E-state index in [1.165, 1.54) is 17.4 Å². The largest absolute Gasteiger partial charge is 0.451 e. The Morgan fingerprint density at radius 3 is 2.45 bits per heavy atom. The zero-order valence-electron chi connectivity index (χ0n) is 11.2. The molecule has 0 saturated carbocycles. The molecule has 7 heteroatoms. The molecule has 1 N–H and O–H groups in total. The first-order valence-corrected chi connectivity index (χ1v) is 7.37. The highest BCUT2D eigenvalue weighted by molar-refractivity contribution is 7.17. The summed E-state index contributed by atoms with van der Waals surface area (Å²) in [6.45, 7) is -0.328. The van der Waals surface area contributed by atoms with Gasteiger partial charge < -0.3 is 5.11 Å². The summed E-state index contributed by atoms with van der Waals surface area (Å²) in [5.74, 6) is -1.80. The van der Waals surface area contributed by atoms with Gasteiger partial charge in [-0.1, -0.05) is 30.3 Å². The maximum atomic E-state index is 13.0. The van der Waals surface area contributed by atoms with Crippen LogP contribution in [0.4, 0.5) is 13.2 Å². The molecule has 0 radical (unpaired) electrons. The minimum atomic E-state index is -4.62. The molecule has 0 aliphatic heterocycles. The number of aliphatic hydroxyl groups is 1. The SMILES string of the molecule is OCC(c1ccccc1)c1nc(C(F)(F)F)nc2ccsc12. The molecule has 1 aromatic carbocycles. The molecule has 3 aromatic rings. The first-order valence-electron chi connectivity index (χ1n) is 6.49. The van der Waals surface area contributed by atoms with Crippen LogP contribution in [0, 0.1) is 0 Å². The summed E-state index contributed by atoms with van der Waals surface area (Å²) >= 11 is 1.27. The molecule has 22 heavy (non-hydrogen) atoms. The topological polar surface area (TPSA) is 46.0 Å². The number of aromatic nitrogens is 2. The average Bonchev–Trinajstić information content (AvgIpc) is 2.96. The van der Waals surface area contributed by atoms with Crippen molar-refractivity contribution < 1.29 is 18.3 Å². The summed E-state index contributed by atoms with van der Waals surface area (Å²) in [6.07, 6.45) is -4.62. The number of alkyl halides is 3. The zero-order valence-corrected chi connectivity index (χ0v) is 12.0. The second kappa shape index (κ2) is 5.66. The fourth-order valence-corrected chi connectivity index (χ4v) is 3.16. The Labute approximate surface area is 128 Å². The molecule has 0 bridgehead atoms. The lowest BCUT2D eigenvalue weighted by Crippen LogP contribution is -2.16. The normalized spacial score (nSPS) is 13.5. The number of hydrogen-bond acceptors (Lipinski definition) is 4. The molecule has 2 heterocycles. The molecule has 1 unspecified atom stereocenters. The molecule has 0 fully saturated rings. The average molecular weight is 324 g/mol. The fraction of sp³-hybridized carbons (Fsp3) is 0.200. The van der Waals surface area contributed by atoms with Crippen molar-refractivity contribution in [1.82, 2.24) is 9.97 Å². The van der Waals surface area contributed by atoms with Gasteiger partial charge in [-0.05, 0) is 17.0 Å². The molecule has 0 aliphatic carbocycles. The van der Waals surface area contributed by atoms with Gasteiger partial charge >= 0.3 is 6.18 Å². The standard InChI is InChI=1S/C15H11F3N2OS/c16-15(17,18)14-19-11-6-7-22-13(11)12(20-14)10(8-21)9-4-2-1-3-5-9/h1-7,10,21H,8H2. The Bertz CT molecular complexity index is 786. The van der Waals surface area contributed by atoms with Crippen molar-refractivity contribution in [3.05, 3.63) is 58.9 Å². The first kappa shape index (κ1) is 14.9. The third-order valence-electron chi connectivity index (χ3n) is 3.30. The van der Waals surface area contributed by atoms with Gasteiger partial charge in [0.25, 0.3) is 0 Å².